The first-order valence-electron chi connectivity index (χ1n) is 6.12. The van der Waals surface area contributed by atoms with Gasteiger partial charge in [-0.05, 0) is 32.2 Å². The molecule has 0 aromatic carbocycles. The summed E-state index contributed by atoms with van der Waals surface area (Å²) in [5.41, 5.74) is 0. The Morgan fingerprint density at radius 2 is 2.21 bits per heavy atom. The monoisotopic (exact) mass is 199 g/mol. The first-order valence-corrected chi connectivity index (χ1v) is 6.12. The van der Waals surface area contributed by atoms with Crippen LogP contribution >= 0.6 is 0 Å². The van der Waals surface area contributed by atoms with Crippen molar-refractivity contribution in [1.82, 2.24) is 4.90 Å². The molecule has 1 saturated heterocycles. The lowest BCUT2D eigenvalue weighted by molar-refractivity contribution is 0.198. The third kappa shape index (κ3) is 3.58. The second kappa shape index (κ2) is 6.41. The maximum absolute atomic E-state index is 9.05. The number of likely N-dealkylation sites (tertiary alicyclic amines) is 1. The van der Waals surface area contributed by atoms with Crippen molar-refractivity contribution in [2.45, 2.75) is 52.0 Å². The van der Waals surface area contributed by atoms with E-state index in [-0.39, 0.29) is 0 Å². The van der Waals surface area contributed by atoms with Crippen molar-refractivity contribution in [2.24, 2.45) is 5.92 Å². The Kier molecular flexibility index (Phi) is 5.49. The van der Waals surface area contributed by atoms with Crippen LogP contribution in [0.15, 0.2) is 0 Å². The molecule has 0 aromatic heterocycles. The van der Waals surface area contributed by atoms with Crippen LogP contribution in [0.1, 0.15) is 46.0 Å². The van der Waals surface area contributed by atoms with Gasteiger partial charge < -0.3 is 10.0 Å². The van der Waals surface area contributed by atoms with Crippen LogP contribution in [0.2, 0.25) is 0 Å². The third-order valence-corrected chi connectivity index (χ3v) is 3.42. The molecule has 0 saturated carbocycles. The SMILES string of the molecule is CCCCCC(C)N1CCC(CO)C1. The number of hydrogen-bond donors (Lipinski definition) is 1. The highest BCUT2D eigenvalue weighted by Gasteiger charge is 2.24. The molecule has 1 rings (SSSR count). The van der Waals surface area contributed by atoms with Crippen LogP contribution in [0.5, 0.6) is 0 Å². The number of rotatable bonds is 6. The zero-order valence-corrected chi connectivity index (χ0v) is 9.71. The van der Waals surface area contributed by atoms with Crippen molar-refractivity contribution in [2.75, 3.05) is 19.7 Å². The molecule has 1 aliphatic heterocycles. The molecular formula is C12H25NO. The van der Waals surface area contributed by atoms with Crippen molar-refractivity contribution in [3.63, 3.8) is 0 Å². The van der Waals surface area contributed by atoms with Crippen LogP contribution in [-0.4, -0.2) is 35.7 Å². The van der Waals surface area contributed by atoms with Gasteiger partial charge in [0.2, 0.25) is 0 Å². The van der Waals surface area contributed by atoms with Gasteiger partial charge in [0, 0.05) is 19.2 Å². The molecule has 2 unspecified atom stereocenters. The van der Waals surface area contributed by atoms with E-state index in [9.17, 15) is 0 Å². The molecule has 84 valence electrons. The summed E-state index contributed by atoms with van der Waals surface area (Å²) in [6, 6.07) is 0.720. The van der Waals surface area contributed by atoms with E-state index in [0.717, 1.165) is 12.6 Å². The highest BCUT2D eigenvalue weighted by atomic mass is 16.3. The number of aliphatic hydroxyl groups excluding tert-OH is 1. The first-order chi connectivity index (χ1) is 6.77. The molecule has 2 heteroatoms. The second-order valence-corrected chi connectivity index (χ2v) is 4.68. The number of unbranched alkanes of at least 4 members (excludes halogenated alkanes) is 2. The summed E-state index contributed by atoms with van der Waals surface area (Å²) in [7, 11) is 0. The van der Waals surface area contributed by atoms with E-state index in [4.69, 9.17) is 5.11 Å². The summed E-state index contributed by atoms with van der Waals surface area (Å²) in [6.45, 7) is 7.26. The molecule has 0 aromatic rings. The second-order valence-electron chi connectivity index (χ2n) is 4.68. The summed E-state index contributed by atoms with van der Waals surface area (Å²) in [6.07, 6.45) is 6.55. The molecule has 0 bridgehead atoms. The van der Waals surface area contributed by atoms with Crippen molar-refractivity contribution in [3.8, 4) is 0 Å². The summed E-state index contributed by atoms with van der Waals surface area (Å²) in [5.74, 6) is 0.545. The Hall–Kier alpha value is -0.0800. The molecule has 1 N–H and O–H groups in total. The van der Waals surface area contributed by atoms with Crippen molar-refractivity contribution in [3.05, 3.63) is 0 Å². The zero-order chi connectivity index (χ0) is 10.4. The molecule has 1 aliphatic rings. The fourth-order valence-corrected chi connectivity index (χ4v) is 2.28. The first kappa shape index (κ1) is 12.0. The third-order valence-electron chi connectivity index (χ3n) is 3.42. The lowest BCUT2D eigenvalue weighted by Crippen LogP contribution is -2.31. The summed E-state index contributed by atoms with van der Waals surface area (Å²) in [4.78, 5) is 2.54. The quantitative estimate of drug-likeness (QED) is 0.663. The maximum Gasteiger partial charge on any atom is 0.0471 e. The fraction of sp³-hybridized carbons (Fsp3) is 1.00. The van der Waals surface area contributed by atoms with Crippen LogP contribution in [0, 0.1) is 5.92 Å². The molecule has 2 nitrogen and oxygen atoms in total. The van der Waals surface area contributed by atoms with Crippen LogP contribution in [0.3, 0.4) is 0 Å². The molecule has 2 atom stereocenters. The lowest BCUT2D eigenvalue weighted by Gasteiger charge is -2.24. The Labute approximate surface area is 88.3 Å². The molecule has 1 fully saturated rings. The van der Waals surface area contributed by atoms with E-state index in [0.29, 0.717) is 12.5 Å². The van der Waals surface area contributed by atoms with Gasteiger partial charge in [-0.25, -0.2) is 0 Å². The predicted molar refractivity (Wildman–Crippen MR) is 60.4 cm³/mol. The standard InChI is InChI=1S/C12H25NO/c1-3-4-5-6-11(2)13-8-7-12(9-13)10-14/h11-12,14H,3-10H2,1-2H3. The largest absolute Gasteiger partial charge is 0.396 e. The van der Waals surface area contributed by atoms with Crippen LogP contribution in [-0.2, 0) is 0 Å². The van der Waals surface area contributed by atoms with Crippen LogP contribution < -0.4 is 0 Å². The van der Waals surface area contributed by atoms with E-state index in [2.05, 4.69) is 18.7 Å². The summed E-state index contributed by atoms with van der Waals surface area (Å²) >= 11 is 0. The Balaban J connectivity index is 2.15. The topological polar surface area (TPSA) is 23.5 Å². The van der Waals surface area contributed by atoms with Crippen LogP contribution in [0.4, 0.5) is 0 Å². The predicted octanol–water partition coefficient (Wildman–Crippen LogP) is 2.27. The normalized spacial score (nSPS) is 25.5. The Morgan fingerprint density at radius 3 is 2.79 bits per heavy atom. The summed E-state index contributed by atoms with van der Waals surface area (Å²) < 4.78 is 0. The minimum absolute atomic E-state index is 0.373. The number of aliphatic hydroxyl groups is 1. The Morgan fingerprint density at radius 1 is 1.43 bits per heavy atom. The average molecular weight is 199 g/mol. The van der Waals surface area contributed by atoms with Crippen molar-refractivity contribution < 1.29 is 5.11 Å². The Bertz CT molecular complexity index is 149. The molecule has 0 amide bonds. The zero-order valence-electron chi connectivity index (χ0n) is 9.71. The minimum Gasteiger partial charge on any atom is -0.396 e. The molecule has 0 aliphatic carbocycles. The van der Waals surface area contributed by atoms with Crippen molar-refractivity contribution >= 4 is 0 Å². The van der Waals surface area contributed by atoms with Gasteiger partial charge in [0.05, 0.1) is 0 Å². The van der Waals surface area contributed by atoms with E-state index in [1.54, 1.807) is 0 Å². The van der Waals surface area contributed by atoms with E-state index >= 15 is 0 Å². The van der Waals surface area contributed by atoms with Gasteiger partial charge in [-0.3, -0.25) is 0 Å². The van der Waals surface area contributed by atoms with E-state index < -0.39 is 0 Å². The van der Waals surface area contributed by atoms with Gasteiger partial charge >= 0.3 is 0 Å². The smallest absolute Gasteiger partial charge is 0.0471 e. The van der Waals surface area contributed by atoms with Gasteiger partial charge in [0.1, 0.15) is 0 Å². The van der Waals surface area contributed by atoms with Gasteiger partial charge in [-0.2, -0.15) is 0 Å². The van der Waals surface area contributed by atoms with E-state index in [1.165, 1.54) is 38.6 Å². The molecule has 14 heavy (non-hydrogen) atoms. The van der Waals surface area contributed by atoms with Gasteiger partial charge in [-0.15, -0.1) is 0 Å². The highest BCUT2D eigenvalue weighted by molar-refractivity contribution is 4.78. The highest BCUT2D eigenvalue weighted by Crippen LogP contribution is 2.20. The molecule has 0 radical (unpaired) electrons. The van der Waals surface area contributed by atoms with Crippen molar-refractivity contribution in [1.29, 1.82) is 0 Å². The maximum atomic E-state index is 9.05. The number of nitrogens with zero attached hydrogens (tertiary/aromatic N) is 1. The average Bonchev–Trinajstić information content (AvgIpc) is 2.66. The minimum atomic E-state index is 0.373. The summed E-state index contributed by atoms with van der Waals surface area (Å²) in [5, 5.41) is 9.05. The van der Waals surface area contributed by atoms with Gasteiger partial charge in [-0.1, -0.05) is 26.2 Å². The number of hydrogen-bond acceptors (Lipinski definition) is 2. The van der Waals surface area contributed by atoms with Gasteiger partial charge in [0.15, 0.2) is 0 Å². The lowest BCUT2D eigenvalue weighted by atomic mass is 10.1. The van der Waals surface area contributed by atoms with E-state index in [1.807, 2.05) is 0 Å². The van der Waals surface area contributed by atoms with Gasteiger partial charge in [0.25, 0.3) is 0 Å². The molecule has 1 heterocycles. The van der Waals surface area contributed by atoms with Crippen LogP contribution in [0.25, 0.3) is 0 Å². The molecular weight excluding hydrogens is 174 g/mol. The fourth-order valence-electron chi connectivity index (χ4n) is 2.28. The molecule has 0 spiro atoms.